The summed E-state index contributed by atoms with van der Waals surface area (Å²) in [5, 5.41) is 24.0. The third-order valence-electron chi connectivity index (χ3n) is 2.81. The molecular weight excluding hydrogens is 335 g/mol. The Labute approximate surface area is 163 Å². The molecule has 98 valence electrons. The maximum absolute atomic E-state index is 10.2. The first kappa shape index (κ1) is 17.4. The second-order valence-corrected chi connectivity index (χ2v) is 5.06. The van der Waals surface area contributed by atoms with Crippen molar-refractivity contribution in [1.29, 1.82) is 0 Å². The van der Waals surface area contributed by atoms with Gasteiger partial charge in [-0.05, 0) is 34.5 Å². The number of aliphatic hydroxyl groups is 1. The van der Waals surface area contributed by atoms with Crippen LogP contribution in [0.4, 0.5) is 0 Å². The number of hydrogen-bond donors (Lipinski definition) is 2. The Morgan fingerprint density at radius 2 is 2.21 bits per heavy atom. The molecule has 0 aliphatic rings. The van der Waals surface area contributed by atoms with Gasteiger partial charge in [-0.2, -0.15) is 0 Å². The van der Waals surface area contributed by atoms with Gasteiger partial charge < -0.3 is 5.11 Å². The molecule has 0 saturated heterocycles. The van der Waals surface area contributed by atoms with Gasteiger partial charge in [0.05, 0.1) is 6.10 Å². The number of hydrogen-bond acceptors (Lipinski definition) is 4. The van der Waals surface area contributed by atoms with Crippen LogP contribution in [-0.2, 0) is 0 Å². The molecule has 1 heterocycles. The van der Waals surface area contributed by atoms with Crippen molar-refractivity contribution in [2.45, 2.75) is 32.3 Å². The third-order valence-corrected chi connectivity index (χ3v) is 3.30. The summed E-state index contributed by atoms with van der Waals surface area (Å²) < 4.78 is 0.931. The van der Waals surface area contributed by atoms with Gasteiger partial charge in [-0.1, -0.05) is 41.8 Å². The topological polar surface area (TPSA) is 74.7 Å². The van der Waals surface area contributed by atoms with Gasteiger partial charge in [0.2, 0.25) is 0 Å². The van der Waals surface area contributed by atoms with E-state index in [9.17, 15) is 5.11 Å². The molecule has 2 rings (SSSR count). The minimum atomic E-state index is -0.488. The molecule has 0 aliphatic heterocycles. The molecule has 1 atom stereocenters. The number of H-pyrrole nitrogens is 1. The molecule has 1 aromatic carbocycles. The molecular formula is C12H16BrKN4O. The van der Waals surface area contributed by atoms with Crippen LogP contribution in [-0.4, -0.2) is 77.1 Å². The fraction of sp³-hybridized carbons (Fsp3) is 0.417. The fourth-order valence-electron chi connectivity index (χ4n) is 1.85. The van der Waals surface area contributed by atoms with Crippen LogP contribution in [0.25, 0.3) is 11.4 Å². The molecule has 0 fully saturated rings. The number of nitrogens with one attached hydrogen (secondary N) is 1. The van der Waals surface area contributed by atoms with Crippen molar-refractivity contribution in [3.8, 4) is 11.4 Å². The molecule has 0 spiro atoms. The molecule has 5 nitrogen and oxygen atoms in total. The number of unbranched alkanes of at least 4 members (excludes halogenated alkanes) is 1. The summed E-state index contributed by atoms with van der Waals surface area (Å²) >= 11 is 3.42. The second kappa shape index (κ2) is 8.61. The molecule has 2 N–H and O–H groups in total. The number of aromatic nitrogens is 4. The third kappa shape index (κ3) is 4.70. The van der Waals surface area contributed by atoms with Crippen molar-refractivity contribution in [2.24, 2.45) is 0 Å². The van der Waals surface area contributed by atoms with Crippen LogP contribution in [0.3, 0.4) is 0 Å². The van der Waals surface area contributed by atoms with Gasteiger partial charge >= 0.3 is 51.4 Å². The molecule has 1 unspecified atom stereocenters. The first-order chi connectivity index (χ1) is 8.72. The van der Waals surface area contributed by atoms with Gasteiger partial charge in [0.15, 0.2) is 5.82 Å². The fourth-order valence-corrected chi connectivity index (χ4v) is 2.21. The molecule has 0 aliphatic carbocycles. The van der Waals surface area contributed by atoms with Crippen LogP contribution in [0.5, 0.6) is 0 Å². The number of rotatable bonds is 5. The number of benzene rings is 1. The summed E-state index contributed by atoms with van der Waals surface area (Å²) in [5.41, 5.74) is 1.68. The zero-order valence-corrected chi connectivity index (χ0v) is 11.7. The zero-order valence-electron chi connectivity index (χ0n) is 10.1. The molecule has 0 saturated carbocycles. The van der Waals surface area contributed by atoms with Crippen molar-refractivity contribution >= 4 is 67.3 Å². The summed E-state index contributed by atoms with van der Waals surface area (Å²) in [5.74, 6) is 0.571. The van der Waals surface area contributed by atoms with E-state index in [1.807, 2.05) is 18.2 Å². The SMILES string of the molecule is CCCCC(O)c1ccc(Br)cc1-c1nnn[nH]1.[KH]. The normalized spacial score (nSPS) is 11.9. The van der Waals surface area contributed by atoms with E-state index in [1.54, 1.807) is 0 Å². The van der Waals surface area contributed by atoms with Gasteiger partial charge in [0, 0.05) is 10.0 Å². The molecule has 7 heteroatoms. The van der Waals surface area contributed by atoms with Crippen LogP contribution in [0.2, 0.25) is 0 Å². The van der Waals surface area contributed by atoms with Crippen LogP contribution < -0.4 is 0 Å². The predicted molar refractivity (Wildman–Crippen MR) is 78.9 cm³/mol. The quantitative estimate of drug-likeness (QED) is 0.810. The molecule has 2 aromatic rings. The van der Waals surface area contributed by atoms with Crippen LogP contribution in [0.1, 0.15) is 37.9 Å². The van der Waals surface area contributed by atoms with Crippen molar-refractivity contribution in [3.63, 3.8) is 0 Å². The Kier molecular flexibility index (Phi) is 7.89. The Bertz CT molecular complexity index is 506. The van der Waals surface area contributed by atoms with E-state index in [4.69, 9.17) is 0 Å². The maximum atomic E-state index is 10.2. The molecule has 1 aromatic heterocycles. The summed E-state index contributed by atoms with van der Waals surface area (Å²) in [6.45, 7) is 2.11. The van der Waals surface area contributed by atoms with E-state index >= 15 is 0 Å². The summed E-state index contributed by atoms with van der Waals surface area (Å²) in [4.78, 5) is 0. The number of aromatic amines is 1. The molecule has 0 amide bonds. The molecule has 0 bridgehead atoms. The minimum absolute atomic E-state index is 0. The Balaban J connectivity index is 0.00000180. The van der Waals surface area contributed by atoms with E-state index in [0.29, 0.717) is 5.82 Å². The van der Waals surface area contributed by atoms with E-state index in [1.165, 1.54) is 0 Å². The summed E-state index contributed by atoms with van der Waals surface area (Å²) in [6.07, 6.45) is 2.31. The summed E-state index contributed by atoms with van der Waals surface area (Å²) in [7, 11) is 0. The van der Waals surface area contributed by atoms with E-state index in [2.05, 4.69) is 43.5 Å². The number of nitrogens with zero attached hydrogens (tertiary/aromatic N) is 3. The number of tetrazole rings is 1. The first-order valence-corrected chi connectivity index (χ1v) is 6.73. The van der Waals surface area contributed by atoms with Crippen LogP contribution in [0.15, 0.2) is 22.7 Å². The van der Waals surface area contributed by atoms with E-state index in [-0.39, 0.29) is 51.4 Å². The standard InChI is InChI=1S/C12H15BrN4O.K.H/c1-2-3-4-11(18)9-6-5-8(13)7-10(9)12-14-16-17-15-12;;/h5-7,11,18H,2-4H2,1H3,(H,14,15,16,17);;. The number of aliphatic hydroxyl groups excluding tert-OH is 1. The van der Waals surface area contributed by atoms with Crippen molar-refractivity contribution in [3.05, 3.63) is 28.2 Å². The Hall–Kier alpha value is 0.366. The Morgan fingerprint density at radius 3 is 2.84 bits per heavy atom. The van der Waals surface area contributed by atoms with Crippen molar-refractivity contribution in [2.75, 3.05) is 0 Å². The van der Waals surface area contributed by atoms with E-state index < -0.39 is 6.10 Å². The van der Waals surface area contributed by atoms with Gasteiger partial charge in [-0.15, -0.1) is 5.10 Å². The predicted octanol–water partition coefficient (Wildman–Crippen LogP) is 2.20. The van der Waals surface area contributed by atoms with E-state index in [0.717, 1.165) is 34.9 Å². The van der Waals surface area contributed by atoms with Crippen molar-refractivity contribution < 1.29 is 5.11 Å². The summed E-state index contributed by atoms with van der Waals surface area (Å²) in [6, 6.07) is 5.73. The van der Waals surface area contributed by atoms with Crippen molar-refractivity contribution in [1.82, 2.24) is 20.6 Å². The van der Waals surface area contributed by atoms with Crippen LogP contribution >= 0.6 is 15.9 Å². The Morgan fingerprint density at radius 1 is 1.42 bits per heavy atom. The monoisotopic (exact) mass is 350 g/mol. The average Bonchev–Trinajstić information content (AvgIpc) is 2.89. The van der Waals surface area contributed by atoms with Gasteiger partial charge in [0.1, 0.15) is 0 Å². The molecule has 19 heavy (non-hydrogen) atoms. The average molecular weight is 351 g/mol. The number of halogens is 1. The second-order valence-electron chi connectivity index (χ2n) is 4.14. The molecule has 0 radical (unpaired) electrons. The van der Waals surface area contributed by atoms with Crippen LogP contribution in [0, 0.1) is 0 Å². The van der Waals surface area contributed by atoms with Gasteiger partial charge in [-0.25, -0.2) is 5.10 Å². The van der Waals surface area contributed by atoms with Gasteiger partial charge in [0.25, 0.3) is 0 Å². The first-order valence-electron chi connectivity index (χ1n) is 5.94. The van der Waals surface area contributed by atoms with Gasteiger partial charge in [-0.3, -0.25) is 0 Å². The zero-order chi connectivity index (χ0) is 13.0.